The van der Waals surface area contributed by atoms with E-state index in [0.29, 0.717) is 6.61 Å². The van der Waals surface area contributed by atoms with Gasteiger partial charge in [-0.15, -0.1) is 11.3 Å². The van der Waals surface area contributed by atoms with Gasteiger partial charge >= 0.3 is 0 Å². The van der Waals surface area contributed by atoms with Gasteiger partial charge < -0.3 is 4.74 Å². The van der Waals surface area contributed by atoms with Crippen LogP contribution in [-0.4, -0.2) is 33.4 Å². The first-order valence-electron chi connectivity index (χ1n) is 11.4. The van der Waals surface area contributed by atoms with Gasteiger partial charge in [0.2, 0.25) is 0 Å². The summed E-state index contributed by atoms with van der Waals surface area (Å²) >= 11 is 3.29. The molecule has 2 aromatic carbocycles. The molecule has 3 heterocycles. The topological polar surface area (TPSA) is 47.4 Å². The van der Waals surface area contributed by atoms with Crippen molar-refractivity contribution in [1.82, 2.24) is 14.5 Å². The minimum Gasteiger partial charge on any atom is -0.494 e. The van der Waals surface area contributed by atoms with Crippen LogP contribution in [-0.2, 0) is 19.5 Å². The number of ether oxygens (including phenoxy) is 1. The number of rotatable bonds is 7. The Kier molecular flexibility index (Phi) is 6.53. The highest BCUT2D eigenvalue weighted by Crippen LogP contribution is 2.34. The van der Waals surface area contributed by atoms with Crippen molar-refractivity contribution in [3.05, 3.63) is 81.0 Å². The third-order valence-corrected chi connectivity index (χ3v) is 7.78. The molecule has 1 aliphatic heterocycles. The molecule has 0 bridgehead atoms. The Morgan fingerprint density at radius 3 is 2.61 bits per heavy atom. The van der Waals surface area contributed by atoms with Gasteiger partial charge in [0.05, 0.1) is 17.7 Å². The summed E-state index contributed by atoms with van der Waals surface area (Å²) in [4.78, 5) is 23.4. The molecule has 0 saturated heterocycles. The zero-order valence-corrected chi connectivity index (χ0v) is 20.5. The molecule has 0 N–H and O–H groups in total. The predicted octanol–water partition coefficient (Wildman–Crippen LogP) is 5.52. The van der Waals surface area contributed by atoms with E-state index in [2.05, 4.69) is 42.2 Å². The zero-order valence-electron chi connectivity index (χ0n) is 18.9. The molecule has 0 spiro atoms. The lowest BCUT2D eigenvalue weighted by Gasteiger charge is -2.26. The molecule has 7 heteroatoms. The maximum atomic E-state index is 13.8. The molecule has 0 atom stereocenters. The highest BCUT2D eigenvalue weighted by molar-refractivity contribution is 7.99. The first-order valence-corrected chi connectivity index (χ1v) is 13.2. The van der Waals surface area contributed by atoms with E-state index in [4.69, 9.17) is 9.72 Å². The molecule has 2 aromatic heterocycles. The smallest absolute Gasteiger partial charge is 0.267 e. The predicted molar refractivity (Wildman–Crippen MR) is 137 cm³/mol. The Hall–Kier alpha value is -2.61. The minimum absolute atomic E-state index is 0.0362. The molecule has 0 unspecified atom stereocenters. The van der Waals surface area contributed by atoms with Crippen LogP contribution in [0.15, 0.2) is 64.5 Å². The maximum Gasteiger partial charge on any atom is 0.267 e. The third-order valence-electron chi connectivity index (χ3n) is 5.85. The van der Waals surface area contributed by atoms with E-state index >= 15 is 0 Å². The molecular formula is C26H27N3O2S2. The number of fused-ring (bicyclic) bond motifs is 3. The summed E-state index contributed by atoms with van der Waals surface area (Å²) in [6.07, 6.45) is 0.878. The molecule has 5 nitrogen and oxygen atoms in total. The molecule has 170 valence electrons. The van der Waals surface area contributed by atoms with Gasteiger partial charge in [-0.05, 0) is 54.5 Å². The van der Waals surface area contributed by atoms with Gasteiger partial charge in [0, 0.05) is 24.5 Å². The summed E-state index contributed by atoms with van der Waals surface area (Å²) in [5, 5.41) is 1.54. The standard InChI is InChI=1S/C26H27N3O2S2/c1-3-31-20-12-10-19(11-13-20)29-25(30)23-21-14-15-28(16-18-8-6-5-7-9-18)17-22(21)33-24(23)27-26(29)32-4-2/h5-13H,3-4,14-17H2,1-2H3. The molecule has 33 heavy (non-hydrogen) atoms. The van der Waals surface area contributed by atoms with Gasteiger partial charge in [0.1, 0.15) is 10.6 Å². The van der Waals surface area contributed by atoms with Crippen molar-refractivity contribution in [3.63, 3.8) is 0 Å². The number of hydrogen-bond acceptors (Lipinski definition) is 6. The van der Waals surface area contributed by atoms with Crippen molar-refractivity contribution >= 4 is 33.3 Å². The molecule has 5 rings (SSSR count). The third kappa shape index (κ3) is 4.45. The molecule has 0 radical (unpaired) electrons. The number of hydrogen-bond donors (Lipinski definition) is 0. The maximum absolute atomic E-state index is 13.8. The van der Waals surface area contributed by atoms with E-state index in [0.717, 1.165) is 58.6 Å². The van der Waals surface area contributed by atoms with E-state index < -0.39 is 0 Å². The van der Waals surface area contributed by atoms with Crippen LogP contribution in [0.5, 0.6) is 5.75 Å². The summed E-state index contributed by atoms with van der Waals surface area (Å²) in [6, 6.07) is 18.3. The van der Waals surface area contributed by atoms with E-state index in [1.165, 1.54) is 16.0 Å². The molecule has 0 saturated carbocycles. The SMILES string of the molecule is CCOc1ccc(-n2c(SCC)nc3sc4c(c3c2=O)CCN(Cc2ccccc2)C4)cc1. The Balaban J connectivity index is 1.54. The van der Waals surface area contributed by atoms with Crippen LogP contribution in [0.3, 0.4) is 0 Å². The first kappa shape index (κ1) is 22.2. The summed E-state index contributed by atoms with van der Waals surface area (Å²) < 4.78 is 7.35. The van der Waals surface area contributed by atoms with Crippen molar-refractivity contribution in [2.45, 2.75) is 38.5 Å². The minimum atomic E-state index is 0.0362. The Labute approximate surface area is 202 Å². The van der Waals surface area contributed by atoms with E-state index in [-0.39, 0.29) is 5.56 Å². The van der Waals surface area contributed by atoms with E-state index in [1.807, 2.05) is 31.2 Å². The van der Waals surface area contributed by atoms with Gasteiger partial charge in [-0.1, -0.05) is 49.0 Å². The quantitative estimate of drug-likeness (QED) is 0.259. The zero-order chi connectivity index (χ0) is 22.8. The molecule has 0 fully saturated rings. The van der Waals surface area contributed by atoms with Gasteiger partial charge in [0.25, 0.3) is 5.56 Å². The van der Waals surface area contributed by atoms with Gasteiger partial charge in [0.15, 0.2) is 5.16 Å². The highest BCUT2D eigenvalue weighted by Gasteiger charge is 2.25. The van der Waals surface area contributed by atoms with Crippen molar-refractivity contribution in [3.8, 4) is 11.4 Å². The van der Waals surface area contributed by atoms with Crippen LogP contribution >= 0.6 is 23.1 Å². The number of aromatic nitrogens is 2. The summed E-state index contributed by atoms with van der Waals surface area (Å²) in [5.41, 5.74) is 3.37. The molecule has 0 aliphatic carbocycles. The normalized spacial score (nSPS) is 13.9. The van der Waals surface area contributed by atoms with Crippen LogP contribution in [0.2, 0.25) is 0 Å². The Morgan fingerprint density at radius 1 is 1.09 bits per heavy atom. The second kappa shape index (κ2) is 9.71. The fourth-order valence-electron chi connectivity index (χ4n) is 4.37. The molecular weight excluding hydrogens is 450 g/mol. The van der Waals surface area contributed by atoms with Gasteiger partial charge in [-0.3, -0.25) is 14.3 Å². The number of benzene rings is 2. The summed E-state index contributed by atoms with van der Waals surface area (Å²) in [7, 11) is 0. The number of thiophene rings is 1. The molecule has 1 aliphatic rings. The number of nitrogens with zero attached hydrogens (tertiary/aromatic N) is 3. The number of thioether (sulfide) groups is 1. The second-order valence-corrected chi connectivity index (χ2v) is 10.3. The largest absolute Gasteiger partial charge is 0.494 e. The van der Waals surface area contributed by atoms with Crippen LogP contribution in [0.4, 0.5) is 0 Å². The highest BCUT2D eigenvalue weighted by atomic mass is 32.2. The molecule has 0 amide bonds. The van der Waals surface area contributed by atoms with Gasteiger partial charge in [-0.2, -0.15) is 0 Å². The molecule has 4 aromatic rings. The monoisotopic (exact) mass is 477 g/mol. The Bertz CT molecular complexity index is 1310. The van der Waals surface area contributed by atoms with Crippen molar-refractivity contribution in [1.29, 1.82) is 0 Å². The summed E-state index contributed by atoms with van der Waals surface area (Å²) in [5.74, 6) is 1.66. The first-order chi connectivity index (χ1) is 16.2. The lowest BCUT2D eigenvalue weighted by molar-refractivity contribution is 0.249. The Morgan fingerprint density at radius 2 is 1.88 bits per heavy atom. The van der Waals surface area contributed by atoms with Crippen LogP contribution in [0.25, 0.3) is 15.9 Å². The summed E-state index contributed by atoms with van der Waals surface area (Å²) in [6.45, 7) is 7.41. The van der Waals surface area contributed by atoms with Crippen LogP contribution in [0.1, 0.15) is 29.9 Å². The van der Waals surface area contributed by atoms with Crippen LogP contribution < -0.4 is 10.3 Å². The average Bonchev–Trinajstić information content (AvgIpc) is 3.19. The second-order valence-electron chi connectivity index (χ2n) is 8.03. The van der Waals surface area contributed by atoms with Crippen molar-refractivity contribution in [2.24, 2.45) is 0 Å². The van der Waals surface area contributed by atoms with Gasteiger partial charge in [-0.25, -0.2) is 4.98 Å². The van der Waals surface area contributed by atoms with E-state index in [9.17, 15) is 4.79 Å². The fraction of sp³-hybridized carbons (Fsp3) is 0.308. The average molecular weight is 478 g/mol. The van der Waals surface area contributed by atoms with Crippen LogP contribution in [0, 0.1) is 0 Å². The fourth-order valence-corrected chi connectivity index (χ4v) is 6.41. The lowest BCUT2D eigenvalue weighted by atomic mass is 10.0. The lowest BCUT2D eigenvalue weighted by Crippen LogP contribution is -2.30. The van der Waals surface area contributed by atoms with Crippen molar-refractivity contribution < 1.29 is 4.74 Å². The van der Waals surface area contributed by atoms with Crippen molar-refractivity contribution in [2.75, 3.05) is 18.9 Å². The van der Waals surface area contributed by atoms with E-state index in [1.54, 1.807) is 27.7 Å².